The van der Waals surface area contributed by atoms with Gasteiger partial charge in [0.15, 0.2) is 10.9 Å². The zero-order valence-corrected chi connectivity index (χ0v) is 16.1. The highest BCUT2D eigenvalue weighted by molar-refractivity contribution is 7.22. The second kappa shape index (κ2) is 7.79. The molecule has 0 saturated heterocycles. The van der Waals surface area contributed by atoms with E-state index in [4.69, 9.17) is 0 Å². The highest BCUT2D eigenvalue weighted by Crippen LogP contribution is 2.27. The molecule has 0 radical (unpaired) electrons. The Hall–Kier alpha value is -2.53. The zero-order valence-electron chi connectivity index (χ0n) is 15.3. The number of hydrogen-bond acceptors (Lipinski definition) is 4. The van der Waals surface area contributed by atoms with E-state index in [-0.39, 0.29) is 24.5 Å². The fourth-order valence-corrected chi connectivity index (χ4v) is 3.66. The summed E-state index contributed by atoms with van der Waals surface area (Å²) >= 11 is 1.46. The average Bonchev–Trinajstić information content (AvgIpc) is 3.03. The summed E-state index contributed by atoms with van der Waals surface area (Å²) in [5, 5.41) is 3.39. The summed E-state index contributed by atoms with van der Waals surface area (Å²) in [5.74, 6) is -0.197. The van der Waals surface area contributed by atoms with Gasteiger partial charge in [-0.3, -0.25) is 9.59 Å². The number of Topliss-reactive ketones (excluding diaryl/α,β-unsaturated/α-hetero) is 1. The number of ketones is 1. The van der Waals surface area contributed by atoms with E-state index in [0.717, 1.165) is 27.8 Å². The molecule has 1 aromatic heterocycles. The predicted octanol–water partition coefficient (Wildman–Crippen LogP) is 5.08. The van der Waals surface area contributed by atoms with Gasteiger partial charge in [0.1, 0.15) is 0 Å². The van der Waals surface area contributed by atoms with Crippen LogP contribution in [0.2, 0.25) is 0 Å². The summed E-state index contributed by atoms with van der Waals surface area (Å²) in [4.78, 5) is 28.9. The van der Waals surface area contributed by atoms with Gasteiger partial charge in [-0.05, 0) is 55.2 Å². The molecular formula is C21H22N2O2S. The van der Waals surface area contributed by atoms with E-state index in [1.807, 2.05) is 38.1 Å². The van der Waals surface area contributed by atoms with Crippen molar-refractivity contribution in [3.05, 3.63) is 58.7 Å². The number of aromatic nitrogens is 1. The van der Waals surface area contributed by atoms with E-state index < -0.39 is 0 Å². The van der Waals surface area contributed by atoms with Crippen molar-refractivity contribution in [1.29, 1.82) is 0 Å². The van der Waals surface area contributed by atoms with Crippen molar-refractivity contribution in [2.75, 3.05) is 5.32 Å². The molecule has 0 aliphatic rings. The molecule has 3 rings (SSSR count). The lowest BCUT2D eigenvalue weighted by Crippen LogP contribution is -2.13. The van der Waals surface area contributed by atoms with E-state index in [9.17, 15) is 9.59 Å². The van der Waals surface area contributed by atoms with Crippen molar-refractivity contribution >= 4 is 38.4 Å². The van der Waals surface area contributed by atoms with Crippen LogP contribution in [0.5, 0.6) is 0 Å². The SMILES string of the molecule is CCc1ccc2nc(NC(=O)CCC(=O)c3ccc(C)c(C)c3)sc2c1. The summed E-state index contributed by atoms with van der Waals surface area (Å²) in [7, 11) is 0. The van der Waals surface area contributed by atoms with Crippen LogP contribution in [0, 0.1) is 13.8 Å². The fraction of sp³-hybridized carbons (Fsp3) is 0.286. The van der Waals surface area contributed by atoms with Crippen LogP contribution in [-0.4, -0.2) is 16.7 Å². The number of carbonyl (C=O) groups excluding carboxylic acids is 2. The highest BCUT2D eigenvalue weighted by atomic mass is 32.1. The first-order valence-electron chi connectivity index (χ1n) is 8.76. The number of thiazole rings is 1. The number of rotatable bonds is 6. The molecule has 2 aromatic carbocycles. The largest absolute Gasteiger partial charge is 0.302 e. The number of benzene rings is 2. The maximum absolute atomic E-state index is 12.3. The Balaban J connectivity index is 1.60. The standard InChI is InChI=1S/C21H22N2O2S/c1-4-15-6-8-17-19(12-15)26-21(22-17)23-20(25)10-9-18(24)16-7-5-13(2)14(3)11-16/h5-8,11-12H,4,9-10H2,1-3H3,(H,22,23,25). The molecule has 0 aliphatic heterocycles. The third-order valence-corrected chi connectivity index (χ3v) is 5.45. The molecule has 0 aliphatic carbocycles. The van der Waals surface area contributed by atoms with Crippen molar-refractivity contribution < 1.29 is 9.59 Å². The normalized spacial score (nSPS) is 10.9. The Morgan fingerprint density at radius 2 is 1.85 bits per heavy atom. The lowest BCUT2D eigenvalue weighted by molar-refractivity contribution is -0.116. The Kier molecular flexibility index (Phi) is 5.47. The minimum Gasteiger partial charge on any atom is -0.302 e. The number of nitrogens with one attached hydrogen (secondary N) is 1. The van der Waals surface area contributed by atoms with Gasteiger partial charge in [-0.2, -0.15) is 0 Å². The van der Waals surface area contributed by atoms with Gasteiger partial charge in [-0.25, -0.2) is 4.98 Å². The topological polar surface area (TPSA) is 59.1 Å². The zero-order chi connectivity index (χ0) is 18.7. The Morgan fingerprint density at radius 1 is 1.04 bits per heavy atom. The molecule has 0 bridgehead atoms. The van der Waals surface area contributed by atoms with Crippen molar-refractivity contribution in [1.82, 2.24) is 4.98 Å². The lowest BCUT2D eigenvalue weighted by Gasteiger charge is -2.05. The smallest absolute Gasteiger partial charge is 0.226 e. The molecule has 1 amide bonds. The molecule has 0 spiro atoms. The van der Waals surface area contributed by atoms with Gasteiger partial charge >= 0.3 is 0 Å². The predicted molar refractivity (Wildman–Crippen MR) is 107 cm³/mol. The van der Waals surface area contributed by atoms with Gasteiger partial charge < -0.3 is 5.32 Å². The van der Waals surface area contributed by atoms with Crippen LogP contribution < -0.4 is 5.32 Å². The van der Waals surface area contributed by atoms with Crippen LogP contribution in [0.1, 0.15) is 46.8 Å². The van der Waals surface area contributed by atoms with Crippen LogP contribution in [-0.2, 0) is 11.2 Å². The van der Waals surface area contributed by atoms with Gasteiger partial charge in [0.25, 0.3) is 0 Å². The van der Waals surface area contributed by atoms with Gasteiger partial charge in [0.2, 0.25) is 5.91 Å². The van der Waals surface area contributed by atoms with E-state index >= 15 is 0 Å². The van der Waals surface area contributed by atoms with Crippen molar-refractivity contribution in [3.8, 4) is 0 Å². The highest BCUT2D eigenvalue weighted by Gasteiger charge is 2.12. The minimum absolute atomic E-state index is 0.0138. The van der Waals surface area contributed by atoms with Crippen LogP contribution in [0.15, 0.2) is 36.4 Å². The van der Waals surface area contributed by atoms with Gasteiger partial charge in [0, 0.05) is 18.4 Å². The molecule has 26 heavy (non-hydrogen) atoms. The lowest BCUT2D eigenvalue weighted by atomic mass is 10.0. The molecule has 3 aromatic rings. The maximum Gasteiger partial charge on any atom is 0.226 e. The molecule has 1 heterocycles. The van der Waals surface area contributed by atoms with Crippen LogP contribution in [0.3, 0.4) is 0 Å². The second-order valence-electron chi connectivity index (χ2n) is 6.45. The monoisotopic (exact) mass is 366 g/mol. The van der Waals surface area contributed by atoms with Crippen LogP contribution >= 0.6 is 11.3 Å². The summed E-state index contributed by atoms with van der Waals surface area (Å²) in [6.45, 7) is 6.10. The van der Waals surface area contributed by atoms with Gasteiger partial charge in [-0.1, -0.05) is 36.5 Å². The quantitative estimate of drug-likeness (QED) is 0.619. The fourth-order valence-electron chi connectivity index (χ4n) is 2.71. The average molecular weight is 366 g/mol. The molecule has 134 valence electrons. The first-order chi connectivity index (χ1) is 12.5. The van der Waals surface area contributed by atoms with Crippen molar-refractivity contribution in [2.24, 2.45) is 0 Å². The molecule has 0 fully saturated rings. The molecular weight excluding hydrogens is 344 g/mol. The van der Waals surface area contributed by atoms with Crippen molar-refractivity contribution in [2.45, 2.75) is 40.0 Å². The summed E-state index contributed by atoms with van der Waals surface area (Å²) < 4.78 is 1.06. The van der Waals surface area contributed by atoms with Crippen LogP contribution in [0.4, 0.5) is 5.13 Å². The number of hydrogen-bond donors (Lipinski definition) is 1. The summed E-state index contributed by atoms with van der Waals surface area (Å²) in [6, 6.07) is 11.8. The molecule has 4 nitrogen and oxygen atoms in total. The van der Waals surface area contributed by atoms with E-state index in [0.29, 0.717) is 10.7 Å². The molecule has 0 unspecified atom stereocenters. The maximum atomic E-state index is 12.3. The molecule has 1 N–H and O–H groups in total. The van der Waals surface area contributed by atoms with E-state index in [1.165, 1.54) is 16.9 Å². The van der Waals surface area contributed by atoms with Gasteiger partial charge in [-0.15, -0.1) is 0 Å². The first kappa shape index (κ1) is 18.3. The summed E-state index contributed by atoms with van der Waals surface area (Å²) in [5.41, 5.74) is 5.03. The third-order valence-electron chi connectivity index (χ3n) is 4.52. The molecule has 5 heteroatoms. The molecule has 0 saturated carbocycles. The third kappa shape index (κ3) is 4.17. The van der Waals surface area contributed by atoms with E-state index in [2.05, 4.69) is 29.4 Å². The number of carbonyl (C=O) groups is 2. The number of nitrogens with zero attached hydrogens (tertiary/aromatic N) is 1. The second-order valence-corrected chi connectivity index (χ2v) is 7.48. The van der Waals surface area contributed by atoms with Crippen molar-refractivity contribution in [3.63, 3.8) is 0 Å². The minimum atomic E-state index is -0.183. The first-order valence-corrected chi connectivity index (χ1v) is 9.57. The number of fused-ring (bicyclic) bond motifs is 1. The van der Waals surface area contributed by atoms with E-state index in [1.54, 1.807) is 0 Å². The Morgan fingerprint density at radius 3 is 2.58 bits per heavy atom. The molecule has 0 atom stereocenters. The Labute approximate surface area is 157 Å². The Bertz CT molecular complexity index is 975. The van der Waals surface area contributed by atoms with Crippen LogP contribution in [0.25, 0.3) is 10.2 Å². The number of anilines is 1. The summed E-state index contributed by atoms with van der Waals surface area (Å²) in [6.07, 6.45) is 1.32. The number of aryl methyl sites for hydroxylation is 3. The number of amides is 1. The van der Waals surface area contributed by atoms with Gasteiger partial charge in [0.05, 0.1) is 10.2 Å².